The molecule has 0 heterocycles. The predicted molar refractivity (Wildman–Crippen MR) is 43.9 cm³/mol. The molecule has 1 aliphatic rings. The van der Waals surface area contributed by atoms with Gasteiger partial charge in [0, 0.05) is 6.42 Å². The zero-order valence-electron chi connectivity index (χ0n) is 7.70. The highest BCUT2D eigenvalue weighted by atomic mass is 16.5. The highest BCUT2D eigenvalue weighted by molar-refractivity contribution is 6.38. The van der Waals surface area contributed by atoms with Gasteiger partial charge in [0.2, 0.25) is 5.78 Å². The Morgan fingerprint density at radius 1 is 1.46 bits per heavy atom. The fourth-order valence-corrected chi connectivity index (χ4v) is 1.60. The van der Waals surface area contributed by atoms with E-state index in [1.165, 1.54) is 0 Å². The number of methoxy groups -OCH3 is 1. The Morgan fingerprint density at radius 3 is 2.46 bits per heavy atom. The van der Waals surface area contributed by atoms with Gasteiger partial charge < -0.3 is 4.74 Å². The Hall–Kier alpha value is -1.19. The van der Waals surface area contributed by atoms with Crippen LogP contribution in [0.25, 0.3) is 0 Å². The van der Waals surface area contributed by atoms with Crippen molar-refractivity contribution in [2.75, 3.05) is 7.11 Å². The summed E-state index contributed by atoms with van der Waals surface area (Å²) in [5.41, 5.74) is 0. The average molecular weight is 184 g/mol. The Bertz CT molecular complexity index is 256. The SMILES string of the molecule is COC(=O)C(=O)C1CC(C)CC1=O. The molecule has 0 saturated heterocycles. The molecule has 2 atom stereocenters. The molecule has 0 amide bonds. The summed E-state index contributed by atoms with van der Waals surface area (Å²) in [6.07, 6.45) is 0.875. The lowest BCUT2D eigenvalue weighted by Crippen LogP contribution is -2.27. The van der Waals surface area contributed by atoms with Crippen molar-refractivity contribution in [2.24, 2.45) is 11.8 Å². The van der Waals surface area contributed by atoms with Gasteiger partial charge in [-0.3, -0.25) is 9.59 Å². The van der Waals surface area contributed by atoms with Crippen LogP contribution in [0.4, 0.5) is 0 Å². The summed E-state index contributed by atoms with van der Waals surface area (Å²) in [6, 6.07) is 0. The molecule has 72 valence electrons. The minimum atomic E-state index is -0.910. The Morgan fingerprint density at radius 2 is 2.08 bits per heavy atom. The third-order valence-electron chi connectivity index (χ3n) is 2.28. The van der Waals surface area contributed by atoms with Crippen LogP contribution < -0.4 is 0 Å². The van der Waals surface area contributed by atoms with Crippen LogP contribution in [-0.4, -0.2) is 24.6 Å². The predicted octanol–water partition coefficient (Wildman–Crippen LogP) is 0.344. The lowest BCUT2D eigenvalue weighted by atomic mass is 10.0. The first kappa shape index (κ1) is 9.89. The summed E-state index contributed by atoms with van der Waals surface area (Å²) in [5, 5.41) is 0. The van der Waals surface area contributed by atoms with Crippen molar-refractivity contribution in [3.8, 4) is 0 Å². The zero-order valence-corrected chi connectivity index (χ0v) is 7.70. The fraction of sp³-hybridized carbons (Fsp3) is 0.667. The summed E-state index contributed by atoms with van der Waals surface area (Å²) in [7, 11) is 1.14. The minimum Gasteiger partial charge on any atom is -0.463 e. The van der Waals surface area contributed by atoms with Gasteiger partial charge in [-0.1, -0.05) is 6.92 Å². The Labute approximate surface area is 76.3 Å². The molecule has 4 heteroatoms. The van der Waals surface area contributed by atoms with E-state index in [-0.39, 0.29) is 11.7 Å². The highest BCUT2D eigenvalue weighted by Crippen LogP contribution is 2.27. The van der Waals surface area contributed by atoms with Gasteiger partial charge in [-0.2, -0.15) is 0 Å². The number of carbonyl (C=O) groups is 3. The van der Waals surface area contributed by atoms with Gasteiger partial charge in [-0.05, 0) is 12.3 Å². The molecular formula is C9H12O4. The maximum atomic E-state index is 11.2. The lowest BCUT2D eigenvalue weighted by Gasteiger charge is -2.04. The number of esters is 1. The van der Waals surface area contributed by atoms with Gasteiger partial charge in [0.05, 0.1) is 13.0 Å². The van der Waals surface area contributed by atoms with Gasteiger partial charge in [-0.15, -0.1) is 0 Å². The van der Waals surface area contributed by atoms with Gasteiger partial charge in [0.25, 0.3) is 0 Å². The third-order valence-corrected chi connectivity index (χ3v) is 2.28. The molecule has 0 aromatic heterocycles. The van der Waals surface area contributed by atoms with E-state index in [2.05, 4.69) is 4.74 Å². The Balaban J connectivity index is 2.68. The van der Waals surface area contributed by atoms with Gasteiger partial charge in [0.1, 0.15) is 5.78 Å². The zero-order chi connectivity index (χ0) is 10.0. The number of hydrogen-bond donors (Lipinski definition) is 0. The van der Waals surface area contributed by atoms with Crippen molar-refractivity contribution in [2.45, 2.75) is 19.8 Å². The van der Waals surface area contributed by atoms with Crippen LogP contribution in [0.15, 0.2) is 0 Å². The van der Waals surface area contributed by atoms with Crippen molar-refractivity contribution < 1.29 is 19.1 Å². The highest BCUT2D eigenvalue weighted by Gasteiger charge is 2.38. The molecule has 13 heavy (non-hydrogen) atoms. The topological polar surface area (TPSA) is 60.4 Å². The molecule has 1 saturated carbocycles. The maximum Gasteiger partial charge on any atom is 0.375 e. The van der Waals surface area contributed by atoms with E-state index in [1.807, 2.05) is 6.92 Å². The summed E-state index contributed by atoms with van der Waals surface area (Å²) in [4.78, 5) is 33.3. The molecule has 0 aromatic carbocycles. The quantitative estimate of drug-likeness (QED) is 0.353. The number of ketones is 2. The minimum absolute atomic E-state index is 0.136. The molecule has 0 N–H and O–H groups in total. The molecule has 0 aromatic rings. The first-order valence-corrected chi connectivity index (χ1v) is 4.21. The largest absolute Gasteiger partial charge is 0.463 e. The first-order chi connectivity index (χ1) is 6.06. The monoisotopic (exact) mass is 184 g/mol. The molecule has 0 spiro atoms. The molecule has 1 rings (SSSR count). The number of ether oxygens (including phenoxy) is 1. The van der Waals surface area contributed by atoms with Crippen molar-refractivity contribution in [3.63, 3.8) is 0 Å². The van der Waals surface area contributed by atoms with Crippen molar-refractivity contribution in [1.82, 2.24) is 0 Å². The van der Waals surface area contributed by atoms with Crippen molar-refractivity contribution in [3.05, 3.63) is 0 Å². The normalized spacial score (nSPS) is 27.4. The second-order valence-electron chi connectivity index (χ2n) is 3.42. The second-order valence-corrected chi connectivity index (χ2v) is 3.42. The van der Waals surface area contributed by atoms with E-state index >= 15 is 0 Å². The standard InChI is InChI=1S/C9H12O4/c1-5-3-6(7(10)4-5)8(11)9(12)13-2/h5-6H,3-4H2,1-2H3. The van der Waals surface area contributed by atoms with Crippen molar-refractivity contribution >= 4 is 17.5 Å². The second kappa shape index (κ2) is 3.68. The number of rotatable bonds is 2. The number of Topliss-reactive ketones (excluding diaryl/α,β-unsaturated/α-hetero) is 2. The summed E-state index contributed by atoms with van der Waals surface area (Å²) < 4.78 is 4.27. The van der Waals surface area contributed by atoms with Crippen LogP contribution in [0.1, 0.15) is 19.8 Å². The Kier molecular flexibility index (Phi) is 2.80. The van der Waals surface area contributed by atoms with E-state index in [0.717, 1.165) is 7.11 Å². The molecule has 4 nitrogen and oxygen atoms in total. The van der Waals surface area contributed by atoms with E-state index < -0.39 is 17.7 Å². The van der Waals surface area contributed by atoms with E-state index in [1.54, 1.807) is 0 Å². The van der Waals surface area contributed by atoms with Gasteiger partial charge in [-0.25, -0.2) is 4.79 Å². The molecular weight excluding hydrogens is 172 g/mol. The molecule has 0 radical (unpaired) electrons. The third kappa shape index (κ3) is 1.94. The summed E-state index contributed by atoms with van der Waals surface area (Å²) in [6.45, 7) is 1.89. The first-order valence-electron chi connectivity index (χ1n) is 4.21. The number of carbonyl (C=O) groups excluding carboxylic acids is 3. The molecule has 2 unspecified atom stereocenters. The average Bonchev–Trinajstić information content (AvgIpc) is 2.42. The van der Waals surface area contributed by atoms with E-state index in [4.69, 9.17) is 0 Å². The smallest absolute Gasteiger partial charge is 0.375 e. The summed E-state index contributed by atoms with van der Waals surface area (Å²) in [5.74, 6) is -2.29. The fourth-order valence-electron chi connectivity index (χ4n) is 1.60. The van der Waals surface area contributed by atoms with Crippen LogP contribution in [0.5, 0.6) is 0 Å². The lowest BCUT2D eigenvalue weighted by molar-refractivity contribution is -0.154. The van der Waals surface area contributed by atoms with Crippen LogP contribution in [0.3, 0.4) is 0 Å². The van der Waals surface area contributed by atoms with E-state index in [9.17, 15) is 14.4 Å². The molecule has 1 aliphatic carbocycles. The molecule has 0 bridgehead atoms. The maximum absolute atomic E-state index is 11.2. The van der Waals surface area contributed by atoms with Crippen molar-refractivity contribution in [1.29, 1.82) is 0 Å². The molecule has 1 fully saturated rings. The summed E-state index contributed by atoms with van der Waals surface area (Å²) >= 11 is 0. The van der Waals surface area contributed by atoms with Crippen LogP contribution >= 0.6 is 0 Å². The molecule has 0 aliphatic heterocycles. The van der Waals surface area contributed by atoms with Crippen LogP contribution in [-0.2, 0) is 19.1 Å². The van der Waals surface area contributed by atoms with E-state index in [0.29, 0.717) is 12.8 Å². The van der Waals surface area contributed by atoms with Gasteiger partial charge >= 0.3 is 5.97 Å². The number of hydrogen-bond acceptors (Lipinski definition) is 4. The van der Waals surface area contributed by atoms with Crippen LogP contribution in [0, 0.1) is 11.8 Å². The van der Waals surface area contributed by atoms with Crippen LogP contribution in [0.2, 0.25) is 0 Å². The van der Waals surface area contributed by atoms with Gasteiger partial charge in [0.15, 0.2) is 0 Å².